The second kappa shape index (κ2) is 4.96. The third kappa shape index (κ3) is 2.16. The third-order valence-electron chi connectivity index (χ3n) is 3.59. The maximum absolute atomic E-state index is 12.5. The summed E-state index contributed by atoms with van der Waals surface area (Å²) in [6, 6.07) is 13.4. The van der Waals surface area contributed by atoms with Gasteiger partial charge in [-0.2, -0.15) is 0 Å². The quantitative estimate of drug-likeness (QED) is 0.579. The number of rotatable bonds is 2. The van der Waals surface area contributed by atoms with E-state index in [-0.39, 0.29) is 5.91 Å². The summed E-state index contributed by atoms with van der Waals surface area (Å²) in [6.45, 7) is 1.98. The molecule has 0 aliphatic heterocycles. The zero-order valence-corrected chi connectivity index (χ0v) is 12.7. The van der Waals surface area contributed by atoms with E-state index >= 15 is 0 Å². The largest absolute Gasteiger partial charge is 0.361 e. The van der Waals surface area contributed by atoms with Crippen molar-refractivity contribution in [3.63, 3.8) is 0 Å². The minimum atomic E-state index is -0.117. The molecule has 2 N–H and O–H groups in total. The van der Waals surface area contributed by atoms with Gasteiger partial charge in [0.15, 0.2) is 0 Å². The summed E-state index contributed by atoms with van der Waals surface area (Å²) in [5.74, 6) is -0.117. The highest BCUT2D eigenvalue weighted by Gasteiger charge is 2.11. The van der Waals surface area contributed by atoms with E-state index in [1.807, 2.05) is 55.6 Å². The van der Waals surface area contributed by atoms with Gasteiger partial charge >= 0.3 is 0 Å². The van der Waals surface area contributed by atoms with Crippen molar-refractivity contribution in [3.05, 3.63) is 59.2 Å². The number of aryl methyl sites for hydroxylation is 1. The average molecular weight is 307 g/mol. The van der Waals surface area contributed by atoms with Crippen molar-refractivity contribution in [2.75, 3.05) is 5.32 Å². The predicted molar refractivity (Wildman–Crippen MR) is 90.6 cm³/mol. The molecule has 108 valence electrons. The zero-order valence-electron chi connectivity index (χ0n) is 11.9. The van der Waals surface area contributed by atoms with Gasteiger partial charge in [-0.1, -0.05) is 12.1 Å². The van der Waals surface area contributed by atoms with Crippen LogP contribution in [0, 0.1) is 6.92 Å². The summed E-state index contributed by atoms with van der Waals surface area (Å²) >= 11 is 1.62. The molecule has 0 saturated carbocycles. The number of carbonyl (C=O) groups is 1. The molecule has 1 amide bonds. The number of thiazole rings is 1. The number of H-pyrrole nitrogens is 1. The Balaban J connectivity index is 1.69. The van der Waals surface area contributed by atoms with Crippen LogP contribution in [0.1, 0.15) is 15.4 Å². The van der Waals surface area contributed by atoms with Crippen LogP contribution >= 0.6 is 11.3 Å². The van der Waals surface area contributed by atoms with Crippen LogP contribution in [0.5, 0.6) is 0 Å². The first-order valence-corrected chi connectivity index (χ1v) is 7.77. The molecule has 0 unspecified atom stereocenters. The van der Waals surface area contributed by atoms with Crippen LogP contribution in [-0.4, -0.2) is 15.9 Å². The number of para-hydroxylation sites is 1. The lowest BCUT2D eigenvalue weighted by Crippen LogP contribution is -2.12. The second-order valence-electron chi connectivity index (χ2n) is 5.12. The van der Waals surface area contributed by atoms with Crippen LogP contribution < -0.4 is 5.32 Å². The van der Waals surface area contributed by atoms with Gasteiger partial charge < -0.3 is 10.3 Å². The summed E-state index contributed by atoms with van der Waals surface area (Å²) in [7, 11) is 0. The zero-order chi connectivity index (χ0) is 15.1. The molecule has 0 aliphatic rings. The maximum atomic E-state index is 12.5. The Hall–Kier alpha value is -2.66. The number of nitrogens with one attached hydrogen (secondary N) is 2. The first kappa shape index (κ1) is 13.0. The molecule has 0 spiro atoms. The molecular formula is C17H13N3OS. The highest BCUT2D eigenvalue weighted by Crippen LogP contribution is 2.25. The fourth-order valence-electron chi connectivity index (χ4n) is 2.59. The van der Waals surface area contributed by atoms with Crippen LogP contribution in [0.15, 0.2) is 48.7 Å². The SMILES string of the molecule is Cc1nc2ccc(NC(=O)c3cccc4cc[nH]c34)cc2s1. The lowest BCUT2D eigenvalue weighted by molar-refractivity contribution is 0.102. The minimum absolute atomic E-state index is 0.117. The Labute approximate surface area is 130 Å². The highest BCUT2D eigenvalue weighted by atomic mass is 32.1. The number of aromatic nitrogens is 2. The van der Waals surface area contributed by atoms with Crippen molar-refractivity contribution in [2.45, 2.75) is 6.92 Å². The number of carbonyl (C=O) groups excluding carboxylic acids is 1. The van der Waals surface area contributed by atoms with Gasteiger partial charge in [-0.3, -0.25) is 4.79 Å². The van der Waals surface area contributed by atoms with Crippen LogP contribution in [0.2, 0.25) is 0 Å². The number of hydrogen-bond acceptors (Lipinski definition) is 3. The maximum Gasteiger partial charge on any atom is 0.257 e. The molecule has 2 heterocycles. The van der Waals surface area contributed by atoms with E-state index < -0.39 is 0 Å². The summed E-state index contributed by atoms with van der Waals surface area (Å²) in [4.78, 5) is 20.1. The number of amides is 1. The van der Waals surface area contributed by atoms with E-state index in [9.17, 15) is 4.79 Å². The van der Waals surface area contributed by atoms with Gasteiger partial charge in [-0.15, -0.1) is 11.3 Å². The molecule has 2 aromatic carbocycles. The van der Waals surface area contributed by atoms with Crippen LogP contribution in [0.25, 0.3) is 21.1 Å². The van der Waals surface area contributed by atoms with E-state index in [2.05, 4.69) is 15.3 Å². The molecule has 0 atom stereocenters. The van der Waals surface area contributed by atoms with E-state index in [1.54, 1.807) is 11.3 Å². The monoisotopic (exact) mass is 307 g/mol. The molecule has 4 rings (SSSR count). The summed E-state index contributed by atoms with van der Waals surface area (Å²) in [6.07, 6.45) is 1.84. The number of fused-ring (bicyclic) bond motifs is 2. The van der Waals surface area contributed by atoms with Crippen molar-refractivity contribution in [2.24, 2.45) is 0 Å². The van der Waals surface area contributed by atoms with Gasteiger partial charge in [-0.05, 0) is 37.3 Å². The Morgan fingerprint density at radius 1 is 1.23 bits per heavy atom. The molecule has 5 heteroatoms. The Morgan fingerprint density at radius 2 is 2.14 bits per heavy atom. The normalized spacial score (nSPS) is 11.1. The molecule has 0 fully saturated rings. The van der Waals surface area contributed by atoms with Crippen molar-refractivity contribution >= 4 is 44.1 Å². The first-order valence-electron chi connectivity index (χ1n) is 6.95. The standard InChI is InChI=1S/C17H13N3OS/c1-10-19-14-6-5-12(9-15(14)22-10)20-17(21)13-4-2-3-11-7-8-18-16(11)13/h2-9,18H,1H3,(H,20,21). The lowest BCUT2D eigenvalue weighted by Gasteiger charge is -2.06. The Morgan fingerprint density at radius 3 is 3.05 bits per heavy atom. The predicted octanol–water partition coefficient (Wildman–Crippen LogP) is 4.34. The summed E-state index contributed by atoms with van der Waals surface area (Å²) < 4.78 is 1.08. The van der Waals surface area contributed by atoms with Gasteiger partial charge in [0.25, 0.3) is 5.91 Å². The van der Waals surface area contributed by atoms with Crippen molar-refractivity contribution in [3.8, 4) is 0 Å². The number of benzene rings is 2. The molecule has 22 heavy (non-hydrogen) atoms. The van der Waals surface area contributed by atoms with Crippen molar-refractivity contribution in [1.82, 2.24) is 9.97 Å². The van der Waals surface area contributed by atoms with Gasteiger partial charge in [-0.25, -0.2) is 4.98 Å². The fraction of sp³-hybridized carbons (Fsp3) is 0.0588. The van der Waals surface area contributed by atoms with Crippen LogP contribution in [-0.2, 0) is 0 Å². The number of anilines is 1. The fourth-order valence-corrected chi connectivity index (χ4v) is 3.46. The Bertz CT molecular complexity index is 999. The number of hydrogen-bond donors (Lipinski definition) is 2. The molecule has 2 aromatic heterocycles. The molecule has 0 saturated heterocycles. The van der Waals surface area contributed by atoms with E-state index in [0.29, 0.717) is 5.56 Å². The average Bonchev–Trinajstić information content (AvgIpc) is 3.11. The lowest BCUT2D eigenvalue weighted by atomic mass is 10.1. The van der Waals surface area contributed by atoms with E-state index in [1.165, 1.54) is 0 Å². The van der Waals surface area contributed by atoms with E-state index in [4.69, 9.17) is 0 Å². The van der Waals surface area contributed by atoms with Crippen molar-refractivity contribution in [1.29, 1.82) is 0 Å². The summed E-state index contributed by atoms with van der Waals surface area (Å²) in [5.41, 5.74) is 3.24. The highest BCUT2D eigenvalue weighted by molar-refractivity contribution is 7.18. The van der Waals surface area contributed by atoms with Crippen LogP contribution in [0.3, 0.4) is 0 Å². The minimum Gasteiger partial charge on any atom is -0.361 e. The Kier molecular flexibility index (Phi) is 2.94. The van der Waals surface area contributed by atoms with Crippen molar-refractivity contribution < 1.29 is 4.79 Å². The second-order valence-corrected chi connectivity index (χ2v) is 6.35. The topological polar surface area (TPSA) is 57.8 Å². The number of nitrogens with zero attached hydrogens (tertiary/aromatic N) is 1. The molecule has 0 aliphatic carbocycles. The molecule has 4 nitrogen and oxygen atoms in total. The first-order chi connectivity index (χ1) is 10.7. The van der Waals surface area contributed by atoms with Gasteiger partial charge in [0, 0.05) is 17.3 Å². The van der Waals surface area contributed by atoms with Gasteiger partial charge in [0.2, 0.25) is 0 Å². The molecular weight excluding hydrogens is 294 g/mol. The van der Waals surface area contributed by atoms with Gasteiger partial charge in [0.1, 0.15) is 0 Å². The molecule has 4 aromatic rings. The molecule has 0 radical (unpaired) electrons. The molecule has 0 bridgehead atoms. The van der Waals surface area contributed by atoms with Crippen LogP contribution in [0.4, 0.5) is 5.69 Å². The third-order valence-corrected chi connectivity index (χ3v) is 4.52. The summed E-state index contributed by atoms with van der Waals surface area (Å²) in [5, 5.41) is 5.01. The van der Waals surface area contributed by atoms with E-state index in [0.717, 1.165) is 31.8 Å². The smallest absolute Gasteiger partial charge is 0.257 e. The van der Waals surface area contributed by atoms with Gasteiger partial charge in [0.05, 0.1) is 26.3 Å². The number of aromatic amines is 1.